The van der Waals surface area contributed by atoms with Crippen LogP contribution in [-0.4, -0.2) is 47.1 Å². The Labute approximate surface area is 231 Å². The molecule has 2 N–H and O–H groups in total. The molecule has 4 aromatic carbocycles. The average Bonchev–Trinajstić information content (AvgIpc) is 2.95. The molecule has 0 saturated carbocycles. The van der Waals surface area contributed by atoms with Crippen LogP contribution < -0.4 is 9.47 Å². The van der Waals surface area contributed by atoms with Crippen LogP contribution in [0.5, 0.6) is 11.5 Å². The third-order valence-electron chi connectivity index (χ3n) is 5.14. The fourth-order valence-electron chi connectivity index (χ4n) is 3.24. The van der Waals surface area contributed by atoms with Crippen LogP contribution in [0.25, 0.3) is 0 Å². The highest BCUT2D eigenvalue weighted by Crippen LogP contribution is 2.30. The molecule has 0 radical (unpaired) electrons. The molecule has 192 valence electrons. The number of aliphatic hydroxyl groups is 2. The van der Waals surface area contributed by atoms with E-state index in [4.69, 9.17) is 9.47 Å². The maximum atomic E-state index is 10.2. The van der Waals surface area contributed by atoms with Crippen LogP contribution in [0.1, 0.15) is 0 Å². The van der Waals surface area contributed by atoms with Crippen LogP contribution in [0.3, 0.4) is 0 Å². The van der Waals surface area contributed by atoms with Gasteiger partial charge in [-0.05, 0) is 72.8 Å². The molecule has 4 aromatic rings. The topological polar surface area (TPSA) is 58.9 Å². The Morgan fingerprint density at radius 1 is 0.486 bits per heavy atom. The van der Waals surface area contributed by atoms with Gasteiger partial charge in [0.25, 0.3) is 0 Å². The molecule has 0 amide bonds. The van der Waals surface area contributed by atoms with Crippen LogP contribution in [0.15, 0.2) is 129 Å². The minimum Gasteiger partial charge on any atom is -0.491 e. The lowest BCUT2D eigenvalue weighted by Crippen LogP contribution is -2.20. The van der Waals surface area contributed by atoms with Crippen LogP contribution in [0.2, 0.25) is 0 Å². The summed E-state index contributed by atoms with van der Waals surface area (Å²) < 4.78 is 11.5. The molecular weight excluding hydrogens is 521 g/mol. The van der Waals surface area contributed by atoms with Crippen molar-refractivity contribution in [2.75, 3.05) is 24.7 Å². The fourth-order valence-corrected chi connectivity index (χ4v) is 5.72. The first kappa shape index (κ1) is 27.5. The van der Waals surface area contributed by atoms with E-state index in [1.807, 2.05) is 109 Å². The largest absolute Gasteiger partial charge is 0.491 e. The van der Waals surface area contributed by atoms with Crippen molar-refractivity contribution < 1.29 is 19.7 Å². The van der Waals surface area contributed by atoms with Gasteiger partial charge in [-0.25, -0.2) is 0 Å². The van der Waals surface area contributed by atoms with Crippen molar-refractivity contribution in [2.45, 2.75) is 31.8 Å². The minimum atomic E-state index is -0.538. The Kier molecular flexibility index (Phi) is 11.1. The first-order valence-electron chi connectivity index (χ1n) is 12.0. The molecule has 2 unspecified atom stereocenters. The molecule has 7 heteroatoms. The van der Waals surface area contributed by atoms with Crippen molar-refractivity contribution in [3.63, 3.8) is 0 Å². The van der Waals surface area contributed by atoms with Crippen LogP contribution in [-0.2, 0) is 0 Å². The maximum Gasteiger partial charge on any atom is 0.119 e. The van der Waals surface area contributed by atoms with E-state index in [2.05, 4.69) is 0 Å². The molecule has 0 bridgehead atoms. The van der Waals surface area contributed by atoms with Gasteiger partial charge in [0, 0.05) is 31.1 Å². The zero-order valence-corrected chi connectivity index (χ0v) is 22.8. The van der Waals surface area contributed by atoms with Crippen molar-refractivity contribution in [3.8, 4) is 11.5 Å². The summed E-state index contributed by atoms with van der Waals surface area (Å²) in [5.74, 6) is 2.65. The second-order valence-electron chi connectivity index (χ2n) is 8.22. The highest BCUT2D eigenvalue weighted by Gasteiger charge is 2.08. The molecule has 0 spiro atoms. The minimum absolute atomic E-state index is 0.257. The van der Waals surface area contributed by atoms with Gasteiger partial charge in [-0.1, -0.05) is 48.2 Å². The summed E-state index contributed by atoms with van der Waals surface area (Å²) in [6.07, 6.45) is -1.08. The van der Waals surface area contributed by atoms with Gasteiger partial charge < -0.3 is 19.7 Å². The number of aliphatic hydroxyl groups excluding tert-OH is 2. The van der Waals surface area contributed by atoms with E-state index in [1.165, 1.54) is 0 Å². The first-order chi connectivity index (χ1) is 18.1. The Morgan fingerprint density at radius 3 is 1.24 bits per heavy atom. The van der Waals surface area contributed by atoms with E-state index in [9.17, 15) is 10.2 Å². The molecule has 4 rings (SSSR count). The molecule has 0 aromatic heterocycles. The van der Waals surface area contributed by atoms with Gasteiger partial charge in [0.1, 0.15) is 24.7 Å². The molecule has 2 atom stereocenters. The number of benzene rings is 4. The predicted molar refractivity (Wildman–Crippen MR) is 154 cm³/mol. The third-order valence-corrected chi connectivity index (χ3v) is 8.47. The maximum absolute atomic E-state index is 10.2. The molecule has 0 aliphatic carbocycles. The van der Waals surface area contributed by atoms with Crippen molar-refractivity contribution in [1.29, 1.82) is 0 Å². The van der Waals surface area contributed by atoms with Gasteiger partial charge in [0.15, 0.2) is 0 Å². The van der Waals surface area contributed by atoms with Crippen molar-refractivity contribution >= 4 is 35.3 Å². The quantitative estimate of drug-likeness (QED) is 0.166. The molecule has 0 aliphatic heterocycles. The van der Waals surface area contributed by atoms with Gasteiger partial charge in [0.2, 0.25) is 0 Å². The first-order valence-corrected chi connectivity index (χ1v) is 14.8. The second kappa shape index (κ2) is 15.0. The number of hydrogen-bond acceptors (Lipinski definition) is 7. The summed E-state index contributed by atoms with van der Waals surface area (Å²) in [5.41, 5.74) is 0. The molecule has 0 aliphatic rings. The Hall–Kier alpha value is -2.55. The summed E-state index contributed by atoms with van der Waals surface area (Å²) in [6.45, 7) is 0.515. The summed E-state index contributed by atoms with van der Waals surface area (Å²) in [7, 11) is 0. The summed E-state index contributed by atoms with van der Waals surface area (Å²) >= 11 is 4.89. The van der Waals surface area contributed by atoms with Crippen molar-refractivity contribution in [3.05, 3.63) is 109 Å². The Balaban J connectivity index is 1.15. The lowest BCUT2D eigenvalue weighted by molar-refractivity contribution is 0.126. The monoisotopic (exact) mass is 550 g/mol. The molecular formula is C30H30O4S3. The number of thioether (sulfide) groups is 2. The molecule has 0 fully saturated rings. The zero-order chi connectivity index (χ0) is 25.7. The highest BCUT2D eigenvalue weighted by molar-refractivity contribution is 7.99. The van der Waals surface area contributed by atoms with E-state index in [1.54, 1.807) is 35.3 Å². The molecule has 0 heterocycles. The molecule has 37 heavy (non-hydrogen) atoms. The third kappa shape index (κ3) is 10.0. The average molecular weight is 551 g/mol. The summed E-state index contributed by atoms with van der Waals surface area (Å²) in [4.78, 5) is 4.46. The van der Waals surface area contributed by atoms with E-state index >= 15 is 0 Å². The Morgan fingerprint density at radius 2 is 0.865 bits per heavy atom. The van der Waals surface area contributed by atoms with Crippen molar-refractivity contribution in [2.24, 2.45) is 0 Å². The van der Waals surface area contributed by atoms with Gasteiger partial charge in [-0.2, -0.15) is 0 Å². The van der Waals surface area contributed by atoms with Crippen molar-refractivity contribution in [1.82, 2.24) is 0 Å². The lowest BCUT2D eigenvalue weighted by Gasteiger charge is -2.13. The summed E-state index contributed by atoms with van der Waals surface area (Å²) in [5, 5.41) is 20.4. The number of rotatable bonds is 14. The van der Waals surface area contributed by atoms with Gasteiger partial charge in [-0.15, -0.1) is 23.5 Å². The van der Waals surface area contributed by atoms with Crippen LogP contribution in [0.4, 0.5) is 0 Å². The standard InChI is InChI=1S/C30H30O4S3/c31-23(21-35-27-7-3-1-4-8-27)19-33-25-11-15-29(16-12-25)37-30-17-13-26(14-18-30)34-20-24(32)22-36-28-9-5-2-6-10-28/h1-18,23-24,31-32H,19-22H2. The summed E-state index contributed by atoms with van der Waals surface area (Å²) in [6, 6.07) is 35.8. The van der Waals surface area contributed by atoms with Gasteiger partial charge >= 0.3 is 0 Å². The predicted octanol–water partition coefficient (Wildman–Crippen LogP) is 6.90. The lowest BCUT2D eigenvalue weighted by atomic mass is 10.3. The highest BCUT2D eigenvalue weighted by atomic mass is 32.2. The van der Waals surface area contributed by atoms with E-state index in [0.717, 1.165) is 31.1 Å². The van der Waals surface area contributed by atoms with E-state index in [0.29, 0.717) is 11.5 Å². The van der Waals surface area contributed by atoms with E-state index < -0.39 is 12.2 Å². The second-order valence-corrected chi connectivity index (χ2v) is 11.6. The Bertz CT molecular complexity index is 1080. The molecule has 0 saturated heterocycles. The normalized spacial score (nSPS) is 12.6. The fraction of sp³-hybridized carbons (Fsp3) is 0.200. The SMILES string of the molecule is OC(COc1ccc(Sc2ccc(OCC(O)CSc3ccccc3)cc2)cc1)CSc1ccccc1. The van der Waals surface area contributed by atoms with Crippen LogP contribution >= 0.6 is 35.3 Å². The smallest absolute Gasteiger partial charge is 0.119 e. The van der Waals surface area contributed by atoms with Gasteiger partial charge in [0.05, 0.1) is 12.2 Å². The van der Waals surface area contributed by atoms with Crippen LogP contribution in [0, 0.1) is 0 Å². The number of ether oxygens (including phenoxy) is 2. The number of hydrogen-bond donors (Lipinski definition) is 2. The zero-order valence-electron chi connectivity index (χ0n) is 20.3. The van der Waals surface area contributed by atoms with E-state index in [-0.39, 0.29) is 13.2 Å². The van der Waals surface area contributed by atoms with Gasteiger partial charge in [-0.3, -0.25) is 0 Å². The molecule has 4 nitrogen and oxygen atoms in total.